The van der Waals surface area contributed by atoms with Gasteiger partial charge < -0.3 is 25.1 Å². The zero-order valence-electron chi connectivity index (χ0n) is 16.9. The van der Waals surface area contributed by atoms with Gasteiger partial charge in [0.2, 0.25) is 0 Å². The predicted molar refractivity (Wildman–Crippen MR) is 114 cm³/mol. The fourth-order valence-corrected chi connectivity index (χ4v) is 4.03. The zero-order chi connectivity index (χ0) is 20.2. The van der Waals surface area contributed by atoms with Crippen molar-refractivity contribution in [2.75, 3.05) is 20.8 Å². The summed E-state index contributed by atoms with van der Waals surface area (Å²) in [7, 11) is 3.34. The molecule has 0 bridgehead atoms. The molecule has 3 aromatic rings. The smallest absolute Gasteiger partial charge is 0.315 e. The molecule has 2 aromatic carbocycles. The maximum absolute atomic E-state index is 12.5. The summed E-state index contributed by atoms with van der Waals surface area (Å²) in [6, 6.07) is 13.8. The maximum atomic E-state index is 12.5. The number of urea groups is 1. The van der Waals surface area contributed by atoms with E-state index in [1.165, 1.54) is 10.9 Å². The number of hydrogen-bond donors (Lipinski definition) is 3. The van der Waals surface area contributed by atoms with Crippen LogP contribution in [0.3, 0.4) is 0 Å². The predicted octanol–water partition coefficient (Wildman–Crippen LogP) is 4.10. The number of hydrogen-bond acceptors (Lipinski definition) is 3. The number of aryl methyl sites for hydroxylation is 1. The molecule has 3 N–H and O–H groups in total. The second-order valence-electron chi connectivity index (χ2n) is 7.37. The molecular formula is C23H27N3O3. The van der Waals surface area contributed by atoms with E-state index in [1.807, 2.05) is 36.4 Å². The van der Waals surface area contributed by atoms with E-state index in [0.717, 1.165) is 54.0 Å². The molecule has 0 saturated carbocycles. The minimum absolute atomic E-state index is 0.00173. The van der Waals surface area contributed by atoms with E-state index in [1.54, 1.807) is 14.2 Å². The van der Waals surface area contributed by atoms with E-state index in [4.69, 9.17) is 9.47 Å². The van der Waals surface area contributed by atoms with E-state index >= 15 is 0 Å². The minimum atomic E-state index is -0.132. The normalized spacial score (nSPS) is 15.6. The first-order valence-electron chi connectivity index (χ1n) is 10.0. The molecule has 0 unspecified atom stereocenters. The molecule has 2 amide bonds. The van der Waals surface area contributed by atoms with Crippen LogP contribution in [0.2, 0.25) is 0 Å². The molecular weight excluding hydrogens is 366 g/mol. The average Bonchev–Trinajstić information content (AvgIpc) is 3.13. The quantitative estimate of drug-likeness (QED) is 0.590. The van der Waals surface area contributed by atoms with Crippen LogP contribution in [0.4, 0.5) is 4.79 Å². The van der Waals surface area contributed by atoms with Crippen molar-refractivity contribution >= 4 is 16.9 Å². The Bertz CT molecular complexity index is 995. The van der Waals surface area contributed by atoms with Crippen LogP contribution >= 0.6 is 0 Å². The zero-order valence-corrected chi connectivity index (χ0v) is 16.9. The standard InChI is InChI=1S/C23H27N3O3/c1-28-16-8-6-15(7-9-16)12-13-24-23(27)26-21-5-3-4-18-19-14-17(29-2)10-11-20(19)25-22(18)21/h6-11,14,21,25H,3-5,12-13H2,1-2H3,(H2,24,26,27)/t21-/m1/s1. The van der Waals surface area contributed by atoms with Crippen LogP contribution in [0.1, 0.15) is 35.7 Å². The lowest BCUT2D eigenvalue weighted by Crippen LogP contribution is -2.40. The van der Waals surface area contributed by atoms with Gasteiger partial charge in [-0.1, -0.05) is 12.1 Å². The lowest BCUT2D eigenvalue weighted by Gasteiger charge is -2.24. The van der Waals surface area contributed by atoms with E-state index < -0.39 is 0 Å². The Balaban J connectivity index is 1.38. The number of carbonyl (C=O) groups is 1. The molecule has 1 atom stereocenters. The second kappa shape index (κ2) is 8.47. The second-order valence-corrected chi connectivity index (χ2v) is 7.37. The molecule has 4 rings (SSSR count). The van der Waals surface area contributed by atoms with Crippen molar-refractivity contribution in [3.63, 3.8) is 0 Å². The first-order valence-corrected chi connectivity index (χ1v) is 10.0. The van der Waals surface area contributed by atoms with Gasteiger partial charge >= 0.3 is 6.03 Å². The van der Waals surface area contributed by atoms with Crippen molar-refractivity contribution in [3.8, 4) is 11.5 Å². The summed E-state index contributed by atoms with van der Waals surface area (Å²) in [6.45, 7) is 0.585. The highest BCUT2D eigenvalue weighted by molar-refractivity contribution is 5.87. The number of carbonyl (C=O) groups excluding carboxylic acids is 1. The third kappa shape index (κ3) is 4.16. The van der Waals surface area contributed by atoms with Crippen molar-refractivity contribution in [3.05, 3.63) is 59.3 Å². The number of H-pyrrole nitrogens is 1. The molecule has 0 aliphatic heterocycles. The molecule has 1 aliphatic rings. The molecule has 0 spiro atoms. The summed E-state index contributed by atoms with van der Waals surface area (Å²) in [5.74, 6) is 1.69. The SMILES string of the molecule is COc1ccc(CCNC(=O)N[C@@H]2CCCc3c2[nH]c2ccc(OC)cc32)cc1. The van der Waals surface area contributed by atoms with Crippen LogP contribution in [-0.2, 0) is 12.8 Å². The Morgan fingerprint density at radius 3 is 2.62 bits per heavy atom. The number of rotatable bonds is 6. The highest BCUT2D eigenvalue weighted by Crippen LogP contribution is 2.36. The summed E-state index contributed by atoms with van der Waals surface area (Å²) in [4.78, 5) is 16.0. The van der Waals surface area contributed by atoms with Gasteiger partial charge in [0, 0.05) is 23.1 Å². The third-order valence-electron chi connectivity index (χ3n) is 5.58. The van der Waals surface area contributed by atoms with Gasteiger partial charge in [-0.3, -0.25) is 0 Å². The molecule has 1 heterocycles. The number of nitrogens with one attached hydrogen (secondary N) is 3. The summed E-state index contributed by atoms with van der Waals surface area (Å²) in [6.07, 6.45) is 3.77. The third-order valence-corrected chi connectivity index (χ3v) is 5.58. The number of methoxy groups -OCH3 is 2. The number of aromatic amines is 1. The molecule has 0 saturated heterocycles. The fraction of sp³-hybridized carbons (Fsp3) is 0.348. The first kappa shape index (κ1) is 19.2. The van der Waals surface area contributed by atoms with Crippen molar-refractivity contribution in [2.24, 2.45) is 0 Å². The molecule has 0 radical (unpaired) electrons. The Morgan fingerprint density at radius 2 is 1.86 bits per heavy atom. The van der Waals surface area contributed by atoms with E-state index in [0.29, 0.717) is 6.54 Å². The Kier molecular flexibility index (Phi) is 5.60. The van der Waals surface area contributed by atoms with Crippen LogP contribution in [0, 0.1) is 0 Å². The van der Waals surface area contributed by atoms with Crippen LogP contribution in [0.5, 0.6) is 11.5 Å². The van der Waals surface area contributed by atoms with Gasteiger partial charge in [0.25, 0.3) is 0 Å². The average molecular weight is 393 g/mol. The summed E-state index contributed by atoms with van der Waals surface area (Å²) < 4.78 is 10.5. The number of ether oxygens (including phenoxy) is 2. The van der Waals surface area contributed by atoms with E-state index in [2.05, 4.69) is 21.7 Å². The van der Waals surface area contributed by atoms with Gasteiger partial charge in [0.1, 0.15) is 11.5 Å². The van der Waals surface area contributed by atoms with Crippen LogP contribution in [0.25, 0.3) is 10.9 Å². The van der Waals surface area contributed by atoms with Crippen LogP contribution in [-0.4, -0.2) is 31.8 Å². The van der Waals surface area contributed by atoms with Crippen LogP contribution < -0.4 is 20.1 Å². The van der Waals surface area contributed by atoms with Crippen molar-refractivity contribution in [2.45, 2.75) is 31.7 Å². The summed E-state index contributed by atoms with van der Waals surface area (Å²) in [5, 5.41) is 7.30. The highest BCUT2D eigenvalue weighted by atomic mass is 16.5. The van der Waals surface area contributed by atoms with Crippen LogP contribution in [0.15, 0.2) is 42.5 Å². The molecule has 29 heavy (non-hydrogen) atoms. The highest BCUT2D eigenvalue weighted by Gasteiger charge is 2.25. The lowest BCUT2D eigenvalue weighted by molar-refractivity contribution is 0.235. The molecule has 6 nitrogen and oxygen atoms in total. The van der Waals surface area contributed by atoms with E-state index in [-0.39, 0.29) is 12.1 Å². The maximum Gasteiger partial charge on any atom is 0.315 e. The molecule has 0 fully saturated rings. The number of amides is 2. The molecule has 1 aliphatic carbocycles. The van der Waals surface area contributed by atoms with Gasteiger partial charge in [-0.05, 0) is 67.1 Å². The van der Waals surface area contributed by atoms with Gasteiger partial charge in [-0.25, -0.2) is 4.79 Å². The van der Waals surface area contributed by atoms with Crippen molar-refractivity contribution < 1.29 is 14.3 Å². The Morgan fingerprint density at radius 1 is 1.10 bits per heavy atom. The van der Waals surface area contributed by atoms with Gasteiger partial charge in [-0.2, -0.15) is 0 Å². The largest absolute Gasteiger partial charge is 0.497 e. The topological polar surface area (TPSA) is 75.4 Å². The fourth-order valence-electron chi connectivity index (χ4n) is 4.03. The molecule has 6 heteroatoms. The van der Waals surface area contributed by atoms with Crippen molar-refractivity contribution in [1.82, 2.24) is 15.6 Å². The minimum Gasteiger partial charge on any atom is -0.497 e. The van der Waals surface area contributed by atoms with E-state index in [9.17, 15) is 4.79 Å². The van der Waals surface area contributed by atoms with Gasteiger partial charge in [-0.15, -0.1) is 0 Å². The Hall–Kier alpha value is -3.15. The molecule has 152 valence electrons. The molecule has 1 aromatic heterocycles. The summed E-state index contributed by atoms with van der Waals surface area (Å²) >= 11 is 0. The van der Waals surface area contributed by atoms with Crippen molar-refractivity contribution in [1.29, 1.82) is 0 Å². The number of benzene rings is 2. The number of aromatic nitrogens is 1. The Labute approximate surface area is 170 Å². The monoisotopic (exact) mass is 393 g/mol. The van der Waals surface area contributed by atoms with Gasteiger partial charge in [0.05, 0.1) is 20.3 Å². The number of fused-ring (bicyclic) bond motifs is 3. The van der Waals surface area contributed by atoms with Gasteiger partial charge in [0.15, 0.2) is 0 Å². The lowest BCUT2D eigenvalue weighted by atomic mass is 9.92. The first-order chi connectivity index (χ1) is 14.2. The summed E-state index contributed by atoms with van der Waals surface area (Å²) in [5.41, 5.74) is 4.65.